The van der Waals surface area contributed by atoms with E-state index in [2.05, 4.69) is 0 Å². The summed E-state index contributed by atoms with van der Waals surface area (Å²) in [7, 11) is 1.68. The van der Waals surface area contributed by atoms with Gasteiger partial charge in [0.2, 0.25) is 5.91 Å². The quantitative estimate of drug-likeness (QED) is 0.627. The third-order valence-corrected chi connectivity index (χ3v) is 2.58. The highest BCUT2D eigenvalue weighted by atomic mass is 16.5. The lowest BCUT2D eigenvalue weighted by Crippen LogP contribution is -2.26. The van der Waals surface area contributed by atoms with Crippen LogP contribution in [0, 0.1) is 5.92 Å². The number of ether oxygens (including phenoxy) is 1. The Bertz CT molecular complexity index is 184. The molecule has 1 rings (SSSR count). The van der Waals surface area contributed by atoms with Gasteiger partial charge in [0, 0.05) is 45.8 Å². The van der Waals surface area contributed by atoms with Crippen molar-refractivity contribution in [3.8, 4) is 0 Å². The number of likely N-dealkylation sites (tertiary alicyclic amines) is 1. The highest BCUT2D eigenvalue weighted by Gasteiger charge is 2.28. The minimum Gasteiger partial charge on any atom is -0.396 e. The second kappa shape index (κ2) is 5.98. The average molecular weight is 201 g/mol. The lowest BCUT2D eigenvalue weighted by molar-refractivity contribution is -0.127. The number of aliphatic hydroxyl groups excluding tert-OH is 1. The molecule has 4 nitrogen and oxygen atoms in total. The van der Waals surface area contributed by atoms with Crippen molar-refractivity contribution in [2.24, 2.45) is 5.92 Å². The van der Waals surface area contributed by atoms with Crippen LogP contribution in [0.4, 0.5) is 0 Å². The van der Waals surface area contributed by atoms with Crippen LogP contribution in [-0.4, -0.2) is 49.3 Å². The summed E-state index contributed by atoms with van der Waals surface area (Å²) in [5.41, 5.74) is 0. The van der Waals surface area contributed by atoms with E-state index >= 15 is 0 Å². The number of hydrogen-bond acceptors (Lipinski definition) is 3. The van der Waals surface area contributed by atoms with Crippen LogP contribution in [0.1, 0.15) is 19.3 Å². The Hall–Kier alpha value is -0.610. The molecule has 0 spiro atoms. The second-order valence-electron chi connectivity index (χ2n) is 3.79. The summed E-state index contributed by atoms with van der Waals surface area (Å²) >= 11 is 0. The normalized spacial score (nSPS) is 22.0. The predicted octanol–water partition coefficient (Wildman–Crippen LogP) is 0.254. The predicted molar refractivity (Wildman–Crippen MR) is 52.9 cm³/mol. The Morgan fingerprint density at radius 2 is 2.36 bits per heavy atom. The van der Waals surface area contributed by atoms with Gasteiger partial charge in [0.05, 0.1) is 0 Å². The maximum absolute atomic E-state index is 11.4. The molecule has 1 N–H and O–H groups in total. The standard InChI is InChI=1S/C10H19NO3/c1-14-5-3-2-4-11-7-9(8-12)6-10(11)13/h9,12H,2-8H2,1H3. The molecule has 0 aliphatic carbocycles. The van der Waals surface area contributed by atoms with Gasteiger partial charge in [0.1, 0.15) is 0 Å². The monoisotopic (exact) mass is 201 g/mol. The Morgan fingerprint density at radius 1 is 1.57 bits per heavy atom. The lowest BCUT2D eigenvalue weighted by atomic mass is 10.1. The molecule has 1 heterocycles. The lowest BCUT2D eigenvalue weighted by Gasteiger charge is -2.15. The maximum Gasteiger partial charge on any atom is 0.223 e. The molecule has 1 atom stereocenters. The van der Waals surface area contributed by atoms with Crippen molar-refractivity contribution in [3.63, 3.8) is 0 Å². The van der Waals surface area contributed by atoms with Crippen molar-refractivity contribution in [1.82, 2.24) is 4.90 Å². The SMILES string of the molecule is COCCCCN1CC(CO)CC1=O. The molecule has 0 aromatic heterocycles. The summed E-state index contributed by atoms with van der Waals surface area (Å²) in [6.45, 7) is 2.41. The second-order valence-corrected chi connectivity index (χ2v) is 3.79. The van der Waals surface area contributed by atoms with Crippen molar-refractivity contribution in [3.05, 3.63) is 0 Å². The molecule has 1 saturated heterocycles. The third kappa shape index (κ3) is 3.27. The molecular weight excluding hydrogens is 182 g/mol. The van der Waals surface area contributed by atoms with E-state index in [1.165, 1.54) is 0 Å². The van der Waals surface area contributed by atoms with Crippen molar-refractivity contribution in [2.75, 3.05) is 33.4 Å². The number of carbonyl (C=O) groups is 1. The summed E-state index contributed by atoms with van der Waals surface area (Å²) in [6, 6.07) is 0. The molecule has 0 saturated carbocycles. The molecule has 14 heavy (non-hydrogen) atoms. The first-order valence-corrected chi connectivity index (χ1v) is 5.15. The molecule has 1 aliphatic rings. The minimum atomic E-state index is 0.125. The number of hydrogen-bond donors (Lipinski definition) is 1. The van der Waals surface area contributed by atoms with E-state index in [-0.39, 0.29) is 18.4 Å². The van der Waals surface area contributed by atoms with Crippen LogP contribution in [0.15, 0.2) is 0 Å². The topological polar surface area (TPSA) is 49.8 Å². The Kier molecular flexibility index (Phi) is 4.90. The van der Waals surface area contributed by atoms with E-state index in [4.69, 9.17) is 9.84 Å². The third-order valence-electron chi connectivity index (χ3n) is 2.58. The molecule has 1 aliphatic heterocycles. The summed E-state index contributed by atoms with van der Waals surface area (Å²) < 4.78 is 4.93. The number of carbonyl (C=O) groups excluding carboxylic acids is 1. The van der Waals surface area contributed by atoms with Gasteiger partial charge >= 0.3 is 0 Å². The zero-order chi connectivity index (χ0) is 10.4. The van der Waals surface area contributed by atoms with E-state index in [1.54, 1.807) is 7.11 Å². The minimum absolute atomic E-state index is 0.125. The van der Waals surface area contributed by atoms with Crippen LogP contribution in [0.2, 0.25) is 0 Å². The summed E-state index contributed by atoms with van der Waals surface area (Å²) in [5, 5.41) is 8.91. The molecule has 0 radical (unpaired) electrons. The van der Waals surface area contributed by atoms with Crippen molar-refractivity contribution in [1.29, 1.82) is 0 Å². The van der Waals surface area contributed by atoms with E-state index in [9.17, 15) is 4.79 Å². The fourth-order valence-electron chi connectivity index (χ4n) is 1.74. The molecule has 1 unspecified atom stereocenters. The molecule has 4 heteroatoms. The number of amides is 1. The average Bonchev–Trinajstić information content (AvgIpc) is 2.54. The van der Waals surface area contributed by atoms with Gasteiger partial charge in [-0.3, -0.25) is 4.79 Å². The van der Waals surface area contributed by atoms with Gasteiger partial charge in [0.15, 0.2) is 0 Å². The van der Waals surface area contributed by atoms with Crippen LogP contribution in [-0.2, 0) is 9.53 Å². The van der Waals surface area contributed by atoms with E-state index in [1.807, 2.05) is 4.90 Å². The van der Waals surface area contributed by atoms with Crippen LogP contribution in [0.5, 0.6) is 0 Å². The fraction of sp³-hybridized carbons (Fsp3) is 0.900. The number of aliphatic hydroxyl groups is 1. The first-order valence-electron chi connectivity index (χ1n) is 5.15. The Balaban J connectivity index is 2.15. The van der Waals surface area contributed by atoms with E-state index in [0.29, 0.717) is 6.42 Å². The largest absolute Gasteiger partial charge is 0.396 e. The smallest absolute Gasteiger partial charge is 0.223 e. The fourth-order valence-corrected chi connectivity index (χ4v) is 1.74. The molecule has 1 amide bonds. The van der Waals surface area contributed by atoms with E-state index < -0.39 is 0 Å². The highest BCUT2D eigenvalue weighted by Crippen LogP contribution is 2.17. The van der Waals surface area contributed by atoms with Gasteiger partial charge in [-0.15, -0.1) is 0 Å². The molecular formula is C10H19NO3. The molecule has 82 valence electrons. The van der Waals surface area contributed by atoms with Crippen LogP contribution in [0.25, 0.3) is 0 Å². The highest BCUT2D eigenvalue weighted by molar-refractivity contribution is 5.78. The number of methoxy groups -OCH3 is 1. The number of unbranched alkanes of at least 4 members (excludes halogenated alkanes) is 1. The van der Waals surface area contributed by atoms with E-state index in [0.717, 1.165) is 32.5 Å². The number of rotatable bonds is 6. The first kappa shape index (κ1) is 11.5. The summed E-state index contributed by atoms with van der Waals surface area (Å²) in [5.74, 6) is 0.339. The summed E-state index contributed by atoms with van der Waals surface area (Å²) in [4.78, 5) is 13.2. The Morgan fingerprint density at radius 3 is 2.93 bits per heavy atom. The zero-order valence-electron chi connectivity index (χ0n) is 8.74. The van der Waals surface area contributed by atoms with Gasteiger partial charge in [-0.1, -0.05) is 0 Å². The van der Waals surface area contributed by atoms with Crippen LogP contribution in [0.3, 0.4) is 0 Å². The first-order chi connectivity index (χ1) is 6.77. The maximum atomic E-state index is 11.4. The van der Waals surface area contributed by atoms with Crippen molar-refractivity contribution in [2.45, 2.75) is 19.3 Å². The number of nitrogens with zero attached hydrogens (tertiary/aromatic N) is 1. The molecule has 0 bridgehead atoms. The molecule has 0 aromatic carbocycles. The van der Waals surface area contributed by atoms with Gasteiger partial charge < -0.3 is 14.7 Å². The van der Waals surface area contributed by atoms with Crippen molar-refractivity contribution >= 4 is 5.91 Å². The van der Waals surface area contributed by atoms with Crippen molar-refractivity contribution < 1.29 is 14.6 Å². The summed E-state index contributed by atoms with van der Waals surface area (Å²) in [6.07, 6.45) is 2.49. The Labute approximate surface area is 84.8 Å². The van der Waals surface area contributed by atoms with Crippen LogP contribution < -0.4 is 0 Å². The van der Waals surface area contributed by atoms with Gasteiger partial charge in [-0.05, 0) is 12.8 Å². The van der Waals surface area contributed by atoms with Crippen LogP contribution >= 0.6 is 0 Å². The van der Waals surface area contributed by atoms with Gasteiger partial charge in [0.25, 0.3) is 0 Å². The molecule has 1 fully saturated rings. The van der Waals surface area contributed by atoms with Gasteiger partial charge in [-0.25, -0.2) is 0 Å². The van der Waals surface area contributed by atoms with Gasteiger partial charge in [-0.2, -0.15) is 0 Å². The molecule has 0 aromatic rings. The zero-order valence-corrected chi connectivity index (χ0v) is 8.74.